The lowest BCUT2D eigenvalue weighted by Gasteiger charge is -2.33. The molecule has 3 rings (SSSR count). The molecule has 1 fully saturated rings. The van der Waals surface area contributed by atoms with Crippen molar-refractivity contribution < 1.29 is 9.94 Å². The van der Waals surface area contributed by atoms with Gasteiger partial charge in [0.2, 0.25) is 0 Å². The van der Waals surface area contributed by atoms with Crippen LogP contribution in [0.4, 0.5) is 5.82 Å². The van der Waals surface area contributed by atoms with Gasteiger partial charge in [-0.25, -0.2) is 9.50 Å². The van der Waals surface area contributed by atoms with E-state index in [0.29, 0.717) is 19.7 Å². The second-order valence-electron chi connectivity index (χ2n) is 4.24. The van der Waals surface area contributed by atoms with Crippen LogP contribution < -0.4 is 10.6 Å². The molecule has 1 aliphatic heterocycles. The molecule has 0 aliphatic carbocycles. The van der Waals surface area contributed by atoms with E-state index >= 15 is 0 Å². The van der Waals surface area contributed by atoms with E-state index in [1.165, 1.54) is 0 Å². The van der Waals surface area contributed by atoms with Crippen LogP contribution in [0.2, 0.25) is 0 Å². The minimum atomic E-state index is -0.427. The fourth-order valence-electron chi connectivity index (χ4n) is 2.17. The van der Waals surface area contributed by atoms with Crippen LogP contribution >= 0.6 is 0 Å². The Kier molecular flexibility index (Phi) is 2.92. The summed E-state index contributed by atoms with van der Waals surface area (Å²) in [7, 11) is 0. The van der Waals surface area contributed by atoms with E-state index in [-0.39, 0.29) is 5.84 Å². The van der Waals surface area contributed by atoms with Gasteiger partial charge >= 0.3 is 0 Å². The third-order valence-electron chi connectivity index (χ3n) is 3.12. The third-order valence-corrected chi connectivity index (χ3v) is 3.12. The summed E-state index contributed by atoms with van der Waals surface area (Å²) in [6.45, 7) is 1.69. The quantitative estimate of drug-likeness (QED) is 0.333. The van der Waals surface area contributed by atoms with Crippen molar-refractivity contribution in [3.8, 4) is 0 Å². The average Bonchev–Trinajstić information content (AvgIpc) is 2.94. The molecule has 1 saturated heterocycles. The number of nitrogens with zero attached hydrogens (tertiary/aromatic N) is 5. The highest BCUT2D eigenvalue weighted by Crippen LogP contribution is 2.20. The van der Waals surface area contributed by atoms with E-state index in [0.717, 1.165) is 11.3 Å². The SMILES string of the molecule is N/C(=N/O)C1CN(c2nccn3nccc23)CCO1. The van der Waals surface area contributed by atoms with Gasteiger partial charge in [0.25, 0.3) is 0 Å². The van der Waals surface area contributed by atoms with Crippen molar-refractivity contribution in [2.75, 3.05) is 24.6 Å². The molecule has 1 atom stereocenters. The van der Waals surface area contributed by atoms with Gasteiger partial charge < -0.3 is 20.6 Å². The van der Waals surface area contributed by atoms with E-state index in [2.05, 4.69) is 15.2 Å². The Hall–Kier alpha value is -2.35. The van der Waals surface area contributed by atoms with Gasteiger partial charge in [0.1, 0.15) is 11.6 Å². The standard InChI is InChI=1S/C11H14N6O2/c12-10(15-18)9-7-16(5-6-19-9)11-8-1-2-14-17(8)4-3-13-11/h1-4,9,18H,5-7H2,(H2,12,15). The predicted octanol–water partition coefficient (Wildman–Crippen LogP) is -0.319. The van der Waals surface area contributed by atoms with Crippen molar-refractivity contribution in [3.63, 3.8) is 0 Å². The molecule has 0 amide bonds. The van der Waals surface area contributed by atoms with Gasteiger partial charge in [0.15, 0.2) is 11.7 Å². The molecule has 0 radical (unpaired) electrons. The average molecular weight is 262 g/mol. The van der Waals surface area contributed by atoms with Gasteiger partial charge in [-0.2, -0.15) is 5.10 Å². The predicted molar refractivity (Wildman–Crippen MR) is 68.3 cm³/mol. The first-order valence-electron chi connectivity index (χ1n) is 5.92. The molecule has 3 heterocycles. The number of hydrogen-bond donors (Lipinski definition) is 2. The topological polar surface area (TPSA) is 101 Å². The number of hydrogen-bond acceptors (Lipinski definition) is 6. The van der Waals surface area contributed by atoms with Crippen LogP contribution in [0.3, 0.4) is 0 Å². The Morgan fingerprint density at radius 2 is 2.42 bits per heavy atom. The van der Waals surface area contributed by atoms with Crippen molar-refractivity contribution in [2.24, 2.45) is 10.9 Å². The largest absolute Gasteiger partial charge is 0.409 e. The van der Waals surface area contributed by atoms with Gasteiger partial charge in [-0.1, -0.05) is 5.16 Å². The number of nitrogens with two attached hydrogens (primary N) is 1. The molecule has 2 aromatic heterocycles. The first-order chi connectivity index (χ1) is 9.29. The van der Waals surface area contributed by atoms with Gasteiger partial charge in [-0.15, -0.1) is 0 Å². The summed E-state index contributed by atoms with van der Waals surface area (Å²) in [4.78, 5) is 6.43. The monoisotopic (exact) mass is 262 g/mol. The summed E-state index contributed by atoms with van der Waals surface area (Å²) in [5.74, 6) is 0.893. The summed E-state index contributed by atoms with van der Waals surface area (Å²) in [6, 6.07) is 1.90. The second kappa shape index (κ2) is 4.73. The van der Waals surface area contributed by atoms with Gasteiger partial charge in [0.05, 0.1) is 19.3 Å². The molecular weight excluding hydrogens is 248 g/mol. The fraction of sp³-hybridized carbons (Fsp3) is 0.364. The number of ether oxygens (including phenoxy) is 1. The zero-order valence-corrected chi connectivity index (χ0v) is 10.2. The molecule has 2 aromatic rings. The molecule has 0 aromatic carbocycles. The van der Waals surface area contributed by atoms with E-state index in [9.17, 15) is 0 Å². The molecule has 0 bridgehead atoms. The molecule has 100 valence electrons. The lowest BCUT2D eigenvalue weighted by Crippen LogP contribution is -2.49. The summed E-state index contributed by atoms with van der Waals surface area (Å²) < 4.78 is 7.23. The van der Waals surface area contributed by atoms with E-state index in [4.69, 9.17) is 15.7 Å². The van der Waals surface area contributed by atoms with Crippen LogP contribution in [0.5, 0.6) is 0 Å². The number of oxime groups is 1. The zero-order valence-electron chi connectivity index (χ0n) is 10.2. The van der Waals surface area contributed by atoms with Crippen LogP contribution in [-0.2, 0) is 4.74 Å². The molecule has 1 unspecified atom stereocenters. The smallest absolute Gasteiger partial charge is 0.170 e. The fourth-order valence-corrected chi connectivity index (χ4v) is 2.17. The molecule has 19 heavy (non-hydrogen) atoms. The summed E-state index contributed by atoms with van der Waals surface area (Å²) >= 11 is 0. The Balaban J connectivity index is 1.91. The lowest BCUT2D eigenvalue weighted by molar-refractivity contribution is 0.0805. The maximum atomic E-state index is 8.72. The lowest BCUT2D eigenvalue weighted by atomic mass is 10.2. The van der Waals surface area contributed by atoms with Gasteiger partial charge in [0, 0.05) is 18.9 Å². The minimum absolute atomic E-state index is 0.0742. The third kappa shape index (κ3) is 2.06. The highest BCUT2D eigenvalue weighted by atomic mass is 16.5. The number of rotatable bonds is 2. The van der Waals surface area contributed by atoms with Crippen molar-refractivity contribution >= 4 is 17.2 Å². The second-order valence-corrected chi connectivity index (χ2v) is 4.24. The molecule has 1 aliphatic rings. The maximum absolute atomic E-state index is 8.72. The number of amidine groups is 1. The van der Waals surface area contributed by atoms with Gasteiger partial charge in [-0.05, 0) is 6.07 Å². The molecule has 0 saturated carbocycles. The molecule has 8 heteroatoms. The van der Waals surface area contributed by atoms with Crippen LogP contribution in [0, 0.1) is 0 Å². The number of anilines is 1. The molecular formula is C11H14N6O2. The normalized spacial score (nSPS) is 20.9. The maximum Gasteiger partial charge on any atom is 0.170 e. The van der Waals surface area contributed by atoms with Crippen LogP contribution in [0.15, 0.2) is 29.8 Å². The summed E-state index contributed by atoms with van der Waals surface area (Å²) in [5, 5.41) is 15.9. The Morgan fingerprint density at radius 3 is 3.26 bits per heavy atom. The number of morpholine rings is 1. The summed E-state index contributed by atoms with van der Waals surface area (Å²) in [5.41, 5.74) is 6.51. The van der Waals surface area contributed by atoms with Crippen LogP contribution in [-0.4, -0.2) is 51.4 Å². The number of aromatic nitrogens is 3. The Labute approximate surface area is 109 Å². The van der Waals surface area contributed by atoms with E-state index < -0.39 is 6.10 Å². The first kappa shape index (κ1) is 11.7. The Morgan fingerprint density at radius 1 is 1.53 bits per heavy atom. The van der Waals surface area contributed by atoms with Crippen LogP contribution in [0.25, 0.3) is 5.52 Å². The van der Waals surface area contributed by atoms with Crippen LogP contribution in [0.1, 0.15) is 0 Å². The Bertz CT molecular complexity index is 610. The van der Waals surface area contributed by atoms with Crippen molar-refractivity contribution in [2.45, 2.75) is 6.10 Å². The highest BCUT2D eigenvalue weighted by molar-refractivity contribution is 5.85. The summed E-state index contributed by atoms with van der Waals surface area (Å²) in [6.07, 6.45) is 4.79. The zero-order chi connectivity index (χ0) is 13.2. The minimum Gasteiger partial charge on any atom is -0.409 e. The van der Waals surface area contributed by atoms with E-state index in [1.54, 1.807) is 23.1 Å². The molecule has 0 spiro atoms. The van der Waals surface area contributed by atoms with Crippen molar-refractivity contribution in [3.05, 3.63) is 24.7 Å². The number of fused-ring (bicyclic) bond motifs is 1. The molecule has 3 N–H and O–H groups in total. The van der Waals surface area contributed by atoms with E-state index in [1.807, 2.05) is 11.0 Å². The van der Waals surface area contributed by atoms with Crippen molar-refractivity contribution in [1.82, 2.24) is 14.6 Å². The first-order valence-corrected chi connectivity index (χ1v) is 5.92. The molecule has 8 nitrogen and oxygen atoms in total. The highest BCUT2D eigenvalue weighted by Gasteiger charge is 2.25. The van der Waals surface area contributed by atoms with Gasteiger partial charge in [-0.3, -0.25) is 0 Å². The van der Waals surface area contributed by atoms with Crippen molar-refractivity contribution in [1.29, 1.82) is 0 Å².